The van der Waals surface area contributed by atoms with Gasteiger partial charge in [-0.15, -0.1) is 0 Å². The first kappa shape index (κ1) is 23.9. The summed E-state index contributed by atoms with van der Waals surface area (Å²) >= 11 is 0. The highest BCUT2D eigenvalue weighted by molar-refractivity contribution is 4.79. The summed E-state index contributed by atoms with van der Waals surface area (Å²) in [6.07, 6.45) is 17.9. The molecule has 0 radical (unpaired) electrons. The van der Waals surface area contributed by atoms with Crippen LogP contribution in [0.15, 0.2) is 0 Å². The van der Waals surface area contributed by atoms with Crippen molar-refractivity contribution in [2.75, 3.05) is 6.61 Å². The molecule has 1 unspecified atom stereocenters. The van der Waals surface area contributed by atoms with Gasteiger partial charge in [0.15, 0.2) is 0 Å². The number of unbranched alkanes of at least 4 members (excludes halogenated alkanes) is 7. The smallest absolute Gasteiger partial charge is 0.103 e. The maximum atomic E-state index is 9.79. The van der Waals surface area contributed by atoms with Gasteiger partial charge in [-0.3, -0.25) is 0 Å². The van der Waals surface area contributed by atoms with Gasteiger partial charge in [0.05, 0.1) is 18.8 Å². The van der Waals surface area contributed by atoms with Gasteiger partial charge < -0.3 is 14.9 Å². The average Bonchev–Trinajstić information content (AvgIpc) is 2.63. The molecule has 156 valence electrons. The zero-order valence-electron chi connectivity index (χ0n) is 17.8. The van der Waals surface area contributed by atoms with Crippen LogP contribution >= 0.6 is 0 Å². The van der Waals surface area contributed by atoms with Crippen LogP contribution in [-0.4, -0.2) is 35.1 Å². The Morgan fingerprint density at radius 2 is 1.31 bits per heavy atom. The highest BCUT2D eigenvalue weighted by Gasteiger charge is 2.28. The van der Waals surface area contributed by atoms with Crippen LogP contribution in [0.3, 0.4) is 0 Å². The Balaban J connectivity index is 2.29. The second-order valence-corrected chi connectivity index (χ2v) is 9.00. The summed E-state index contributed by atoms with van der Waals surface area (Å²) in [7, 11) is 0. The molecule has 3 nitrogen and oxygen atoms in total. The van der Waals surface area contributed by atoms with Gasteiger partial charge in [-0.25, -0.2) is 0 Å². The molecule has 0 bridgehead atoms. The first-order valence-corrected chi connectivity index (χ1v) is 11.5. The zero-order chi connectivity index (χ0) is 19.3. The van der Waals surface area contributed by atoms with Crippen molar-refractivity contribution in [2.24, 2.45) is 5.41 Å². The molecule has 0 spiro atoms. The SMILES string of the molecule is CCCCCCC(C)(CCCCCC)CCCC[C@H]1C[C@@H](O)C(O)CO1. The molecule has 3 atom stereocenters. The summed E-state index contributed by atoms with van der Waals surface area (Å²) in [6, 6.07) is 0. The van der Waals surface area contributed by atoms with Crippen LogP contribution in [0.2, 0.25) is 0 Å². The number of ether oxygens (including phenoxy) is 1. The van der Waals surface area contributed by atoms with E-state index in [1.807, 2.05) is 0 Å². The Hall–Kier alpha value is -0.120. The van der Waals surface area contributed by atoms with Crippen LogP contribution in [0.5, 0.6) is 0 Å². The monoisotopic (exact) mass is 370 g/mol. The van der Waals surface area contributed by atoms with Crippen molar-refractivity contribution >= 4 is 0 Å². The number of rotatable bonds is 15. The summed E-state index contributed by atoms with van der Waals surface area (Å²) in [5.41, 5.74) is 0.505. The maximum absolute atomic E-state index is 9.79. The molecule has 1 fully saturated rings. The van der Waals surface area contributed by atoms with Crippen LogP contribution in [0.1, 0.15) is 117 Å². The molecule has 0 saturated carbocycles. The molecule has 0 aromatic heterocycles. The molecule has 0 aromatic carbocycles. The molecular weight excluding hydrogens is 324 g/mol. The van der Waals surface area contributed by atoms with Crippen LogP contribution in [0.4, 0.5) is 0 Å². The van der Waals surface area contributed by atoms with Gasteiger partial charge in [-0.05, 0) is 31.1 Å². The van der Waals surface area contributed by atoms with Crippen LogP contribution in [-0.2, 0) is 4.74 Å². The Bertz CT molecular complexity index is 319. The predicted octanol–water partition coefficient (Wildman–Crippen LogP) is 6.00. The Labute approximate surface area is 162 Å². The van der Waals surface area contributed by atoms with Gasteiger partial charge in [-0.1, -0.05) is 85.0 Å². The molecule has 26 heavy (non-hydrogen) atoms. The Morgan fingerprint density at radius 1 is 0.769 bits per heavy atom. The molecule has 3 heteroatoms. The molecule has 1 saturated heterocycles. The second-order valence-electron chi connectivity index (χ2n) is 9.00. The molecule has 1 aliphatic rings. The first-order chi connectivity index (χ1) is 12.5. The predicted molar refractivity (Wildman–Crippen MR) is 110 cm³/mol. The molecule has 1 aliphatic heterocycles. The van der Waals surface area contributed by atoms with E-state index in [1.54, 1.807) is 0 Å². The largest absolute Gasteiger partial charge is 0.390 e. The highest BCUT2D eigenvalue weighted by atomic mass is 16.5. The van der Waals surface area contributed by atoms with E-state index >= 15 is 0 Å². The van der Waals surface area contributed by atoms with E-state index in [-0.39, 0.29) is 6.10 Å². The fraction of sp³-hybridized carbons (Fsp3) is 1.00. The molecule has 0 amide bonds. The summed E-state index contributed by atoms with van der Waals surface area (Å²) in [5.74, 6) is 0. The zero-order valence-corrected chi connectivity index (χ0v) is 17.8. The number of hydrogen-bond donors (Lipinski definition) is 2. The highest BCUT2D eigenvalue weighted by Crippen LogP contribution is 2.37. The minimum Gasteiger partial charge on any atom is -0.390 e. The molecular formula is C23H46O3. The fourth-order valence-corrected chi connectivity index (χ4v) is 4.30. The standard InChI is InChI=1S/C23H46O3/c1-4-6-8-11-15-23(3,16-12-9-7-5-2)17-13-10-14-20-18-21(24)22(25)19-26-20/h20-22,24-25H,4-19H2,1-3H3/t20-,21+,22?/m0/s1. The first-order valence-electron chi connectivity index (χ1n) is 11.5. The van der Waals surface area contributed by atoms with Gasteiger partial charge in [0, 0.05) is 6.42 Å². The molecule has 1 heterocycles. The molecule has 1 rings (SSSR count). The maximum Gasteiger partial charge on any atom is 0.103 e. The topological polar surface area (TPSA) is 49.7 Å². The van der Waals surface area contributed by atoms with E-state index in [0.29, 0.717) is 18.4 Å². The lowest BCUT2D eigenvalue weighted by molar-refractivity contribution is -0.122. The quantitative estimate of drug-likeness (QED) is 0.347. The third kappa shape index (κ3) is 10.3. The summed E-state index contributed by atoms with van der Waals surface area (Å²) in [4.78, 5) is 0. The second kappa shape index (κ2) is 14.0. The van der Waals surface area contributed by atoms with Crippen molar-refractivity contribution in [3.63, 3.8) is 0 Å². The van der Waals surface area contributed by atoms with E-state index in [0.717, 1.165) is 6.42 Å². The van der Waals surface area contributed by atoms with Gasteiger partial charge in [-0.2, -0.15) is 0 Å². The minimum atomic E-state index is -0.694. The third-order valence-electron chi connectivity index (χ3n) is 6.28. The normalized spacial score (nSPS) is 24.1. The van der Waals surface area contributed by atoms with Crippen LogP contribution in [0, 0.1) is 5.41 Å². The van der Waals surface area contributed by atoms with Gasteiger partial charge in [0.25, 0.3) is 0 Å². The number of aliphatic hydroxyl groups excluding tert-OH is 2. The molecule has 0 aromatic rings. The van der Waals surface area contributed by atoms with Crippen molar-refractivity contribution in [3.05, 3.63) is 0 Å². The summed E-state index contributed by atoms with van der Waals surface area (Å²) < 4.78 is 5.67. The Kier molecular flexibility index (Phi) is 12.8. The van der Waals surface area contributed by atoms with Gasteiger partial charge in [0.2, 0.25) is 0 Å². The van der Waals surface area contributed by atoms with Crippen LogP contribution in [0.25, 0.3) is 0 Å². The van der Waals surface area contributed by atoms with Crippen molar-refractivity contribution in [3.8, 4) is 0 Å². The Morgan fingerprint density at radius 3 is 1.81 bits per heavy atom. The lowest BCUT2D eigenvalue weighted by Crippen LogP contribution is -2.41. The van der Waals surface area contributed by atoms with E-state index < -0.39 is 12.2 Å². The third-order valence-corrected chi connectivity index (χ3v) is 6.28. The minimum absolute atomic E-state index is 0.133. The van der Waals surface area contributed by atoms with Crippen molar-refractivity contribution < 1.29 is 14.9 Å². The van der Waals surface area contributed by atoms with E-state index in [2.05, 4.69) is 20.8 Å². The van der Waals surface area contributed by atoms with E-state index in [9.17, 15) is 10.2 Å². The average molecular weight is 371 g/mol. The number of aliphatic hydroxyl groups is 2. The van der Waals surface area contributed by atoms with Crippen molar-refractivity contribution in [2.45, 2.75) is 135 Å². The van der Waals surface area contributed by atoms with Crippen LogP contribution < -0.4 is 0 Å². The molecule has 2 N–H and O–H groups in total. The van der Waals surface area contributed by atoms with E-state index in [1.165, 1.54) is 83.5 Å². The van der Waals surface area contributed by atoms with E-state index in [4.69, 9.17) is 4.74 Å². The van der Waals surface area contributed by atoms with Crippen molar-refractivity contribution in [1.82, 2.24) is 0 Å². The van der Waals surface area contributed by atoms with Crippen molar-refractivity contribution in [1.29, 1.82) is 0 Å². The number of hydrogen-bond acceptors (Lipinski definition) is 3. The fourth-order valence-electron chi connectivity index (χ4n) is 4.30. The van der Waals surface area contributed by atoms with Gasteiger partial charge >= 0.3 is 0 Å². The summed E-state index contributed by atoms with van der Waals surface area (Å²) in [6.45, 7) is 7.38. The molecule has 0 aliphatic carbocycles. The summed E-state index contributed by atoms with van der Waals surface area (Å²) in [5, 5.41) is 19.3. The van der Waals surface area contributed by atoms with Gasteiger partial charge in [0.1, 0.15) is 6.10 Å². The lowest BCUT2D eigenvalue weighted by Gasteiger charge is -2.32. The lowest BCUT2D eigenvalue weighted by atomic mass is 9.75.